The number of anilines is 1. The van der Waals surface area contributed by atoms with Crippen molar-refractivity contribution in [2.75, 3.05) is 11.4 Å². The van der Waals surface area contributed by atoms with Gasteiger partial charge in [0.25, 0.3) is 5.91 Å². The summed E-state index contributed by atoms with van der Waals surface area (Å²) in [6.45, 7) is 0.621. The molecule has 1 aromatic heterocycles. The van der Waals surface area contributed by atoms with Gasteiger partial charge in [-0.25, -0.2) is 4.79 Å². The zero-order chi connectivity index (χ0) is 19.8. The third kappa shape index (κ3) is 4.25. The molecule has 2 aromatic carbocycles. The molecule has 29 heavy (non-hydrogen) atoms. The number of carbonyl (C=O) groups is 2. The van der Waals surface area contributed by atoms with Crippen LogP contribution in [0.1, 0.15) is 30.3 Å². The molecule has 2 N–H and O–H groups in total. The number of halogens is 2. The number of aromatic amines is 1. The van der Waals surface area contributed by atoms with E-state index in [4.69, 9.17) is 23.2 Å². The first-order valence-electron chi connectivity index (χ1n) is 8.77. The summed E-state index contributed by atoms with van der Waals surface area (Å²) >= 11 is 12.4. The molecule has 0 aliphatic carbocycles. The van der Waals surface area contributed by atoms with Crippen molar-refractivity contribution in [1.29, 1.82) is 0 Å². The summed E-state index contributed by atoms with van der Waals surface area (Å²) in [5, 5.41) is 10.9. The Bertz CT molecular complexity index is 1130. The first-order valence-corrected chi connectivity index (χ1v) is 9.53. The van der Waals surface area contributed by atoms with Crippen molar-refractivity contribution >= 4 is 57.7 Å². The van der Waals surface area contributed by atoms with E-state index in [1.807, 2.05) is 30.3 Å². The molecule has 8 heteroatoms. The molecule has 4 rings (SSSR count). The molecule has 0 bridgehead atoms. The van der Waals surface area contributed by atoms with Gasteiger partial charge in [-0.05, 0) is 43.2 Å². The van der Waals surface area contributed by atoms with Gasteiger partial charge >= 0.3 is 35.5 Å². The number of para-hydroxylation sites is 1. The Morgan fingerprint density at radius 1 is 1.21 bits per heavy atom. The Hall–Kier alpha value is -1.76. The molecule has 0 radical (unpaired) electrons. The number of hydrogen-bond acceptors (Lipinski definition) is 2. The predicted octanol–water partition coefficient (Wildman–Crippen LogP) is 2.50. The number of benzene rings is 2. The zero-order valence-corrected chi connectivity index (χ0v) is 19.2. The van der Waals surface area contributed by atoms with Crippen LogP contribution < -0.4 is 34.5 Å². The van der Waals surface area contributed by atoms with Gasteiger partial charge in [0.05, 0.1) is 5.02 Å². The van der Waals surface area contributed by atoms with Gasteiger partial charge in [0.1, 0.15) is 5.69 Å². The van der Waals surface area contributed by atoms with Gasteiger partial charge in [-0.15, -0.1) is 0 Å². The maximum absolute atomic E-state index is 13.1. The second kappa shape index (κ2) is 8.94. The molecule has 1 aliphatic rings. The van der Waals surface area contributed by atoms with Crippen molar-refractivity contribution in [2.24, 2.45) is 0 Å². The second-order valence-electron chi connectivity index (χ2n) is 6.59. The average Bonchev–Trinajstić information content (AvgIpc) is 3.03. The number of amides is 1. The normalized spacial score (nSPS) is 15.6. The van der Waals surface area contributed by atoms with Crippen LogP contribution in [0.5, 0.6) is 0 Å². The van der Waals surface area contributed by atoms with E-state index in [1.54, 1.807) is 23.1 Å². The number of rotatable bonds is 3. The summed E-state index contributed by atoms with van der Waals surface area (Å²) in [6.07, 6.45) is 3.00. The largest absolute Gasteiger partial charge is 1.00 e. The maximum Gasteiger partial charge on any atom is 1.00 e. The molecule has 1 fully saturated rings. The Morgan fingerprint density at radius 3 is 2.62 bits per heavy atom. The Kier molecular flexibility index (Phi) is 6.76. The first kappa shape index (κ1) is 21.9. The minimum absolute atomic E-state index is 0. The van der Waals surface area contributed by atoms with E-state index in [0.717, 1.165) is 12.1 Å². The van der Waals surface area contributed by atoms with Crippen LogP contribution in [0.2, 0.25) is 10.0 Å². The van der Waals surface area contributed by atoms with Crippen LogP contribution in [0.25, 0.3) is 17.0 Å². The Morgan fingerprint density at radius 2 is 1.93 bits per heavy atom. The standard InChI is InChI=1S/C21H16Cl2N2O3.Na.H/c22-13-10-16(23)18-15(19(21(27)28)24-17(18)11-13)9-12-5-4-8-25(20(12)26)14-6-2-1-3-7-14;;/h1-3,6-7,9-11,24H,4-5,8H2,(H,27,28);;/q;+1;-1/b12-9+;;. The second-order valence-corrected chi connectivity index (χ2v) is 7.44. The number of carboxylic acid groups (broad SMARTS) is 1. The van der Waals surface area contributed by atoms with Gasteiger partial charge in [0, 0.05) is 39.3 Å². The van der Waals surface area contributed by atoms with E-state index < -0.39 is 5.97 Å². The molecule has 0 unspecified atom stereocenters. The Labute approximate surface area is 201 Å². The number of hydrogen-bond donors (Lipinski definition) is 2. The van der Waals surface area contributed by atoms with Crippen molar-refractivity contribution in [2.45, 2.75) is 12.8 Å². The molecule has 1 aliphatic heterocycles. The quantitative estimate of drug-likeness (QED) is 0.487. The topological polar surface area (TPSA) is 73.4 Å². The van der Waals surface area contributed by atoms with E-state index in [9.17, 15) is 14.7 Å². The van der Waals surface area contributed by atoms with Gasteiger partial charge in [-0.2, -0.15) is 0 Å². The average molecular weight is 439 g/mol. The summed E-state index contributed by atoms with van der Waals surface area (Å²) in [6, 6.07) is 12.6. The number of nitrogens with zero attached hydrogens (tertiary/aromatic N) is 1. The predicted molar refractivity (Wildman–Crippen MR) is 112 cm³/mol. The third-order valence-corrected chi connectivity index (χ3v) is 5.32. The zero-order valence-electron chi connectivity index (χ0n) is 16.7. The van der Waals surface area contributed by atoms with Crippen molar-refractivity contribution in [3.05, 3.63) is 69.3 Å². The molecular weight excluding hydrogens is 422 g/mol. The third-order valence-electron chi connectivity index (χ3n) is 4.80. The monoisotopic (exact) mass is 438 g/mol. The number of carboxylic acids is 1. The molecule has 5 nitrogen and oxygen atoms in total. The van der Waals surface area contributed by atoms with Gasteiger partial charge in [-0.1, -0.05) is 41.4 Å². The van der Waals surface area contributed by atoms with Crippen molar-refractivity contribution < 1.29 is 45.7 Å². The van der Waals surface area contributed by atoms with E-state index in [2.05, 4.69) is 4.98 Å². The van der Waals surface area contributed by atoms with E-state index >= 15 is 0 Å². The number of nitrogens with one attached hydrogen (secondary N) is 1. The molecule has 1 saturated heterocycles. The molecular formula is C21H17Cl2N2NaO3. The van der Waals surface area contributed by atoms with E-state index in [-0.39, 0.29) is 42.6 Å². The molecule has 3 aromatic rings. The minimum Gasteiger partial charge on any atom is -1.00 e. The SMILES string of the molecule is O=C(O)c1[nH]c2cc(Cl)cc(Cl)c2c1/C=C1\CCCN(c2ccccc2)C1=O.[H-].[Na+]. The summed E-state index contributed by atoms with van der Waals surface area (Å²) < 4.78 is 0. The number of fused-ring (bicyclic) bond motifs is 1. The van der Waals surface area contributed by atoms with E-state index in [0.29, 0.717) is 45.1 Å². The number of piperidine rings is 1. The van der Waals surface area contributed by atoms with Crippen LogP contribution in [0, 0.1) is 0 Å². The summed E-state index contributed by atoms with van der Waals surface area (Å²) in [5.74, 6) is -1.26. The van der Waals surface area contributed by atoms with Crippen LogP contribution in [0.4, 0.5) is 5.69 Å². The number of H-pyrrole nitrogens is 1. The Balaban J connectivity index is 0.00000160. The van der Waals surface area contributed by atoms with Crippen LogP contribution in [-0.4, -0.2) is 28.5 Å². The molecule has 144 valence electrons. The van der Waals surface area contributed by atoms with Gasteiger partial charge < -0.3 is 16.4 Å². The van der Waals surface area contributed by atoms with Gasteiger partial charge in [0.2, 0.25) is 0 Å². The smallest absolute Gasteiger partial charge is 1.00 e. The van der Waals surface area contributed by atoms with Crippen LogP contribution in [0.15, 0.2) is 48.0 Å². The minimum atomic E-state index is -1.13. The number of aromatic nitrogens is 1. The molecule has 1 amide bonds. The molecule has 0 saturated carbocycles. The van der Waals surface area contributed by atoms with Crippen molar-refractivity contribution in [3.63, 3.8) is 0 Å². The summed E-state index contributed by atoms with van der Waals surface area (Å²) in [7, 11) is 0. The fraction of sp³-hybridized carbons (Fsp3) is 0.143. The fourth-order valence-corrected chi connectivity index (χ4v) is 4.15. The molecule has 2 heterocycles. The number of aromatic carboxylic acids is 1. The molecule has 0 atom stereocenters. The maximum atomic E-state index is 13.1. The van der Waals surface area contributed by atoms with E-state index in [1.165, 1.54) is 0 Å². The van der Waals surface area contributed by atoms with Crippen LogP contribution in [0.3, 0.4) is 0 Å². The summed E-state index contributed by atoms with van der Waals surface area (Å²) in [4.78, 5) is 29.4. The number of carbonyl (C=O) groups excluding carboxylic acids is 1. The van der Waals surface area contributed by atoms with Crippen molar-refractivity contribution in [1.82, 2.24) is 4.98 Å². The van der Waals surface area contributed by atoms with Gasteiger partial charge in [0.15, 0.2) is 0 Å². The van der Waals surface area contributed by atoms with Crippen LogP contribution in [-0.2, 0) is 4.79 Å². The van der Waals surface area contributed by atoms with Crippen LogP contribution >= 0.6 is 23.2 Å². The fourth-order valence-electron chi connectivity index (χ4n) is 3.56. The van der Waals surface area contributed by atoms with Crippen molar-refractivity contribution in [3.8, 4) is 0 Å². The molecule has 0 spiro atoms. The first-order chi connectivity index (χ1) is 13.5. The van der Waals surface area contributed by atoms with Gasteiger partial charge in [-0.3, -0.25) is 4.79 Å². The summed E-state index contributed by atoms with van der Waals surface area (Å²) in [5.41, 5.74) is 2.26.